The van der Waals surface area contributed by atoms with E-state index >= 15 is 0 Å². The van der Waals surface area contributed by atoms with Gasteiger partial charge in [-0.1, -0.05) is 11.6 Å². The summed E-state index contributed by atoms with van der Waals surface area (Å²) in [5.74, 6) is 0.160. The lowest BCUT2D eigenvalue weighted by molar-refractivity contribution is -0.137. The Morgan fingerprint density at radius 3 is 2.61 bits per heavy atom. The number of carbonyl (C=O) groups is 2. The smallest absolute Gasteiger partial charge is 0.353 e. The number of pyridine rings is 2. The molecule has 4 rings (SSSR count). The van der Waals surface area contributed by atoms with Crippen molar-refractivity contribution in [2.45, 2.75) is 31.5 Å². The fraction of sp³-hybridized carbons (Fsp3) is 0.400. The lowest BCUT2D eigenvalue weighted by Gasteiger charge is -2.20. The molecule has 3 heterocycles. The zero-order valence-electron chi connectivity index (χ0n) is 16.2. The van der Waals surface area contributed by atoms with Gasteiger partial charge in [0.2, 0.25) is 5.91 Å². The standard InChI is InChI=1S/C20H19ClF3N5O2/c21-15-8-13(20(22,23)24)9-26-17(15)29-6-4-14(10-29)27-19(31)12-3-5-25-16(7-12)28-18(30)11-1-2-11/h3,5,7-9,11,14H,1-2,4,6,10H2,(H,27,31)(H,25,28,30). The van der Waals surface area contributed by atoms with Crippen LogP contribution in [0.15, 0.2) is 30.6 Å². The molecule has 1 aliphatic heterocycles. The zero-order chi connectivity index (χ0) is 22.2. The number of aromatic nitrogens is 2. The van der Waals surface area contributed by atoms with Gasteiger partial charge in [0.1, 0.15) is 11.6 Å². The fourth-order valence-corrected chi connectivity index (χ4v) is 3.66. The predicted molar refractivity (Wildman–Crippen MR) is 108 cm³/mol. The van der Waals surface area contributed by atoms with E-state index in [0.29, 0.717) is 30.9 Å². The van der Waals surface area contributed by atoms with Crippen LogP contribution in [0.5, 0.6) is 0 Å². The number of amides is 2. The van der Waals surface area contributed by atoms with Gasteiger partial charge in [-0.3, -0.25) is 9.59 Å². The summed E-state index contributed by atoms with van der Waals surface area (Å²) in [6.45, 7) is 0.849. The first kappa shape index (κ1) is 21.4. The maximum Gasteiger partial charge on any atom is 0.417 e. The Bertz CT molecular complexity index is 1010. The molecule has 164 valence electrons. The Hall–Kier alpha value is -2.88. The molecule has 1 saturated heterocycles. The van der Waals surface area contributed by atoms with E-state index in [1.165, 1.54) is 12.3 Å². The van der Waals surface area contributed by atoms with Crippen LogP contribution in [0.3, 0.4) is 0 Å². The highest BCUT2D eigenvalue weighted by Gasteiger charge is 2.33. The van der Waals surface area contributed by atoms with Crippen LogP contribution in [0.2, 0.25) is 5.02 Å². The Kier molecular flexibility index (Phi) is 5.74. The van der Waals surface area contributed by atoms with Crippen molar-refractivity contribution in [1.82, 2.24) is 15.3 Å². The van der Waals surface area contributed by atoms with Gasteiger partial charge >= 0.3 is 6.18 Å². The third-order valence-electron chi connectivity index (χ3n) is 5.19. The number of hydrogen-bond donors (Lipinski definition) is 2. The van der Waals surface area contributed by atoms with Gasteiger partial charge in [-0.25, -0.2) is 9.97 Å². The van der Waals surface area contributed by atoms with E-state index in [2.05, 4.69) is 20.6 Å². The van der Waals surface area contributed by atoms with Crippen LogP contribution in [-0.4, -0.2) is 40.9 Å². The Balaban J connectivity index is 1.37. The number of anilines is 2. The molecule has 0 spiro atoms. The summed E-state index contributed by atoms with van der Waals surface area (Å²) in [5.41, 5.74) is -0.558. The normalized spacial score (nSPS) is 18.7. The van der Waals surface area contributed by atoms with Gasteiger partial charge in [-0.05, 0) is 37.5 Å². The van der Waals surface area contributed by atoms with Gasteiger partial charge in [-0.15, -0.1) is 0 Å². The van der Waals surface area contributed by atoms with Crippen molar-refractivity contribution in [2.75, 3.05) is 23.3 Å². The molecule has 1 unspecified atom stereocenters. The van der Waals surface area contributed by atoms with Crippen molar-refractivity contribution in [1.29, 1.82) is 0 Å². The molecule has 0 aromatic carbocycles. The van der Waals surface area contributed by atoms with Gasteiger partial charge in [0.15, 0.2) is 0 Å². The highest BCUT2D eigenvalue weighted by Crippen LogP contribution is 2.34. The molecule has 7 nitrogen and oxygen atoms in total. The SMILES string of the molecule is O=C(NC1CCN(c2ncc(C(F)(F)F)cc2Cl)C1)c1ccnc(NC(=O)C2CC2)c1. The molecule has 2 N–H and O–H groups in total. The highest BCUT2D eigenvalue weighted by atomic mass is 35.5. The van der Waals surface area contributed by atoms with E-state index in [0.717, 1.165) is 25.1 Å². The van der Waals surface area contributed by atoms with Crippen LogP contribution in [0.1, 0.15) is 35.2 Å². The molecule has 2 aromatic heterocycles. The first-order valence-electron chi connectivity index (χ1n) is 9.76. The molecule has 2 aromatic rings. The number of alkyl halides is 3. The van der Waals surface area contributed by atoms with Gasteiger partial charge in [0.05, 0.1) is 10.6 Å². The third-order valence-corrected chi connectivity index (χ3v) is 5.47. The molecule has 2 fully saturated rings. The van der Waals surface area contributed by atoms with Crippen LogP contribution in [0.4, 0.5) is 24.8 Å². The molecule has 11 heteroatoms. The van der Waals surface area contributed by atoms with Crippen molar-refractivity contribution in [3.05, 3.63) is 46.7 Å². The molecule has 2 aliphatic rings. The number of halogens is 4. The van der Waals surface area contributed by atoms with Crippen LogP contribution in [-0.2, 0) is 11.0 Å². The average molecular weight is 454 g/mol. The van der Waals surface area contributed by atoms with Gasteiger partial charge in [0, 0.05) is 43.0 Å². The minimum absolute atomic E-state index is 0.0226. The summed E-state index contributed by atoms with van der Waals surface area (Å²) < 4.78 is 38.4. The maximum absolute atomic E-state index is 12.8. The van der Waals surface area contributed by atoms with E-state index in [9.17, 15) is 22.8 Å². The number of nitrogens with zero attached hydrogens (tertiary/aromatic N) is 3. The molecular formula is C20H19ClF3N5O2. The van der Waals surface area contributed by atoms with E-state index in [4.69, 9.17) is 11.6 Å². The Morgan fingerprint density at radius 2 is 1.94 bits per heavy atom. The summed E-state index contributed by atoms with van der Waals surface area (Å²) in [6.07, 6.45) is -0.00481. The number of rotatable bonds is 5. The number of nitrogens with one attached hydrogen (secondary N) is 2. The molecule has 0 radical (unpaired) electrons. The molecule has 1 aliphatic carbocycles. The molecular weight excluding hydrogens is 435 g/mol. The van der Waals surface area contributed by atoms with Gasteiger partial charge in [-0.2, -0.15) is 13.2 Å². The topological polar surface area (TPSA) is 87.2 Å². The molecule has 2 amide bonds. The van der Waals surface area contributed by atoms with Crippen LogP contribution in [0, 0.1) is 5.92 Å². The predicted octanol–water partition coefficient (Wildman–Crippen LogP) is 3.51. The summed E-state index contributed by atoms with van der Waals surface area (Å²) in [7, 11) is 0. The van der Waals surface area contributed by atoms with Crippen molar-refractivity contribution >= 4 is 35.1 Å². The number of carbonyl (C=O) groups excluding carboxylic acids is 2. The van der Waals surface area contributed by atoms with E-state index in [-0.39, 0.29) is 34.6 Å². The molecule has 31 heavy (non-hydrogen) atoms. The average Bonchev–Trinajstić information content (AvgIpc) is 3.47. The second-order valence-corrected chi connectivity index (χ2v) is 8.03. The summed E-state index contributed by atoms with van der Waals surface area (Å²) in [5, 5.41) is 5.50. The van der Waals surface area contributed by atoms with Gasteiger partial charge < -0.3 is 15.5 Å². The third kappa shape index (κ3) is 5.07. The Morgan fingerprint density at radius 1 is 1.16 bits per heavy atom. The second kappa shape index (κ2) is 8.33. The first-order chi connectivity index (χ1) is 14.7. The quantitative estimate of drug-likeness (QED) is 0.723. The summed E-state index contributed by atoms with van der Waals surface area (Å²) >= 11 is 6.02. The van der Waals surface area contributed by atoms with E-state index in [1.807, 2.05) is 0 Å². The lowest BCUT2D eigenvalue weighted by Crippen LogP contribution is -2.37. The molecule has 1 atom stereocenters. The largest absolute Gasteiger partial charge is 0.417 e. The van der Waals surface area contributed by atoms with E-state index in [1.54, 1.807) is 11.0 Å². The fourth-order valence-electron chi connectivity index (χ4n) is 3.37. The van der Waals surface area contributed by atoms with Crippen LogP contribution in [0.25, 0.3) is 0 Å². The Labute approximate surface area is 181 Å². The van der Waals surface area contributed by atoms with Gasteiger partial charge in [0.25, 0.3) is 5.91 Å². The zero-order valence-corrected chi connectivity index (χ0v) is 17.0. The van der Waals surface area contributed by atoms with Crippen molar-refractivity contribution in [3.63, 3.8) is 0 Å². The minimum atomic E-state index is -4.52. The van der Waals surface area contributed by atoms with Crippen molar-refractivity contribution in [3.8, 4) is 0 Å². The second-order valence-electron chi connectivity index (χ2n) is 7.63. The maximum atomic E-state index is 12.8. The highest BCUT2D eigenvalue weighted by molar-refractivity contribution is 6.33. The number of hydrogen-bond acceptors (Lipinski definition) is 5. The summed E-state index contributed by atoms with van der Waals surface area (Å²) in [6, 6.07) is 3.68. The lowest BCUT2D eigenvalue weighted by atomic mass is 10.2. The van der Waals surface area contributed by atoms with Crippen molar-refractivity contribution < 1.29 is 22.8 Å². The van der Waals surface area contributed by atoms with Crippen molar-refractivity contribution in [2.24, 2.45) is 5.92 Å². The van der Waals surface area contributed by atoms with Crippen LogP contribution < -0.4 is 15.5 Å². The molecule has 1 saturated carbocycles. The minimum Gasteiger partial charge on any atom is -0.353 e. The van der Waals surface area contributed by atoms with E-state index < -0.39 is 11.7 Å². The monoisotopic (exact) mass is 453 g/mol. The first-order valence-corrected chi connectivity index (χ1v) is 10.1. The summed E-state index contributed by atoms with van der Waals surface area (Å²) in [4.78, 5) is 34.2. The molecule has 0 bridgehead atoms. The van der Waals surface area contributed by atoms with Crippen LogP contribution >= 0.6 is 11.6 Å².